The monoisotopic (exact) mass is 424 g/mol. The second-order valence-electron chi connectivity index (χ2n) is 7.41. The van der Waals surface area contributed by atoms with E-state index in [1.165, 1.54) is 11.2 Å². The highest BCUT2D eigenvalue weighted by Gasteiger charge is 2.39. The summed E-state index contributed by atoms with van der Waals surface area (Å²) in [6.45, 7) is 0.0606. The number of furan rings is 1. The Bertz CT molecular complexity index is 1330. The first kappa shape index (κ1) is 19.6. The Morgan fingerprint density at radius 3 is 2.41 bits per heavy atom. The maximum atomic E-state index is 13.4. The number of nitrogens with zero attached hydrogens (tertiary/aromatic N) is 1. The van der Waals surface area contributed by atoms with Gasteiger partial charge in [-0.3, -0.25) is 14.5 Å². The fourth-order valence-corrected chi connectivity index (χ4v) is 3.89. The van der Waals surface area contributed by atoms with Crippen LogP contribution in [0, 0.1) is 0 Å². The van der Waals surface area contributed by atoms with Gasteiger partial charge in [0, 0.05) is 11.1 Å². The van der Waals surface area contributed by atoms with E-state index in [1.807, 2.05) is 42.5 Å². The molecule has 0 spiro atoms. The summed E-state index contributed by atoms with van der Waals surface area (Å²) in [7, 11) is 1.58. The minimum atomic E-state index is -0.398. The van der Waals surface area contributed by atoms with E-state index >= 15 is 0 Å². The van der Waals surface area contributed by atoms with Gasteiger partial charge in [-0.25, -0.2) is 0 Å². The van der Waals surface area contributed by atoms with Crippen molar-refractivity contribution in [2.24, 2.45) is 0 Å². The number of benzene rings is 3. The van der Waals surface area contributed by atoms with Crippen molar-refractivity contribution in [1.29, 1.82) is 0 Å². The lowest BCUT2D eigenvalue weighted by atomic mass is 10.0. The Morgan fingerprint density at radius 2 is 1.66 bits per heavy atom. The Morgan fingerprint density at radius 1 is 0.875 bits per heavy atom. The average molecular weight is 424 g/mol. The zero-order valence-corrected chi connectivity index (χ0v) is 17.4. The lowest BCUT2D eigenvalue weighted by Gasteiger charge is -2.14. The molecule has 4 aromatic rings. The van der Waals surface area contributed by atoms with Crippen LogP contribution in [0.1, 0.15) is 11.3 Å². The molecule has 0 aliphatic carbocycles. The lowest BCUT2D eigenvalue weighted by Crippen LogP contribution is -2.31. The number of ether oxygens (including phenoxy) is 1. The third-order valence-corrected chi connectivity index (χ3v) is 5.49. The van der Waals surface area contributed by atoms with Crippen molar-refractivity contribution in [3.63, 3.8) is 0 Å². The molecule has 1 aliphatic rings. The van der Waals surface area contributed by atoms with Crippen LogP contribution in [-0.2, 0) is 16.1 Å². The van der Waals surface area contributed by atoms with Gasteiger partial charge in [0.25, 0.3) is 11.8 Å². The molecule has 0 saturated carbocycles. The fraction of sp³-hybridized carbons (Fsp3) is 0.0769. The van der Waals surface area contributed by atoms with Crippen LogP contribution in [0.5, 0.6) is 5.75 Å². The zero-order valence-electron chi connectivity index (χ0n) is 17.4. The second-order valence-corrected chi connectivity index (χ2v) is 7.41. The Kier molecular flexibility index (Phi) is 4.95. The summed E-state index contributed by atoms with van der Waals surface area (Å²) >= 11 is 0. The number of carbonyl (C=O) groups excluding carboxylic acids is 2. The first-order valence-electron chi connectivity index (χ1n) is 10.2. The van der Waals surface area contributed by atoms with Gasteiger partial charge in [-0.1, -0.05) is 48.5 Å². The molecule has 2 heterocycles. The molecule has 158 valence electrons. The summed E-state index contributed by atoms with van der Waals surface area (Å²) in [6, 6.07) is 24.3. The highest BCUT2D eigenvalue weighted by molar-refractivity contribution is 6.36. The molecule has 0 radical (unpaired) electrons. The third-order valence-electron chi connectivity index (χ3n) is 5.49. The Hall–Kier alpha value is -4.32. The van der Waals surface area contributed by atoms with E-state index in [9.17, 15) is 9.59 Å². The zero-order chi connectivity index (χ0) is 22.1. The van der Waals surface area contributed by atoms with Crippen molar-refractivity contribution in [1.82, 2.24) is 4.90 Å². The minimum absolute atomic E-state index is 0.0606. The van der Waals surface area contributed by atoms with Crippen molar-refractivity contribution < 1.29 is 18.7 Å². The smallest absolute Gasteiger partial charge is 0.278 e. The molecular weight excluding hydrogens is 404 g/mol. The normalized spacial score (nSPS) is 13.8. The number of carbonyl (C=O) groups is 2. The van der Waals surface area contributed by atoms with E-state index in [0.717, 1.165) is 16.5 Å². The van der Waals surface area contributed by atoms with Crippen molar-refractivity contribution >= 4 is 33.8 Å². The molecule has 0 bridgehead atoms. The molecule has 3 aromatic carbocycles. The van der Waals surface area contributed by atoms with Gasteiger partial charge in [-0.2, -0.15) is 0 Å². The predicted octanol–water partition coefficient (Wildman–Crippen LogP) is 4.83. The van der Waals surface area contributed by atoms with Crippen LogP contribution >= 0.6 is 0 Å². The Balaban J connectivity index is 1.60. The molecule has 1 aliphatic heterocycles. The summed E-state index contributed by atoms with van der Waals surface area (Å²) in [5.41, 5.74) is 1.94. The number of imide groups is 1. The molecule has 0 unspecified atom stereocenters. The highest BCUT2D eigenvalue weighted by Crippen LogP contribution is 2.34. The summed E-state index contributed by atoms with van der Waals surface area (Å²) in [5.74, 6) is 0.429. The maximum absolute atomic E-state index is 13.4. The number of methoxy groups -OCH3 is 1. The van der Waals surface area contributed by atoms with Crippen molar-refractivity contribution in [2.45, 2.75) is 6.54 Å². The minimum Gasteiger partial charge on any atom is -0.497 e. The number of hydrogen-bond donors (Lipinski definition) is 1. The molecule has 5 rings (SSSR count). The van der Waals surface area contributed by atoms with Crippen LogP contribution < -0.4 is 10.1 Å². The highest BCUT2D eigenvalue weighted by atomic mass is 16.5. The van der Waals surface area contributed by atoms with Gasteiger partial charge < -0.3 is 14.5 Å². The van der Waals surface area contributed by atoms with E-state index in [1.54, 1.807) is 43.5 Å². The predicted molar refractivity (Wildman–Crippen MR) is 122 cm³/mol. The summed E-state index contributed by atoms with van der Waals surface area (Å²) in [4.78, 5) is 28.0. The fourth-order valence-electron chi connectivity index (χ4n) is 3.89. The van der Waals surface area contributed by atoms with Crippen LogP contribution in [0.3, 0.4) is 0 Å². The molecule has 1 aromatic heterocycles. The largest absolute Gasteiger partial charge is 0.497 e. The summed E-state index contributed by atoms with van der Waals surface area (Å²) in [5, 5.41) is 5.25. The van der Waals surface area contributed by atoms with Crippen LogP contribution in [0.2, 0.25) is 0 Å². The maximum Gasteiger partial charge on any atom is 0.278 e. The molecule has 6 nitrogen and oxygen atoms in total. The van der Waals surface area contributed by atoms with Crippen molar-refractivity contribution in [2.75, 3.05) is 12.4 Å². The number of nitrogens with one attached hydrogen (secondary N) is 1. The van der Waals surface area contributed by atoms with E-state index in [-0.39, 0.29) is 18.1 Å². The van der Waals surface area contributed by atoms with Crippen LogP contribution in [0.4, 0.5) is 5.69 Å². The van der Waals surface area contributed by atoms with Gasteiger partial charge in [-0.05, 0) is 41.3 Å². The molecule has 1 N–H and O–H groups in total. The van der Waals surface area contributed by atoms with Gasteiger partial charge in [0.2, 0.25) is 0 Å². The molecule has 6 heteroatoms. The first-order valence-corrected chi connectivity index (χ1v) is 10.2. The molecular formula is C26H20N2O4. The quantitative estimate of drug-likeness (QED) is 0.449. The first-order chi connectivity index (χ1) is 15.7. The van der Waals surface area contributed by atoms with Gasteiger partial charge in [0.15, 0.2) is 0 Å². The van der Waals surface area contributed by atoms with E-state index in [2.05, 4.69) is 5.32 Å². The number of rotatable bonds is 6. The topological polar surface area (TPSA) is 71.8 Å². The second kappa shape index (κ2) is 8.07. The van der Waals surface area contributed by atoms with E-state index < -0.39 is 5.91 Å². The van der Waals surface area contributed by atoms with Crippen molar-refractivity contribution in [3.8, 4) is 5.75 Å². The van der Waals surface area contributed by atoms with Gasteiger partial charge >= 0.3 is 0 Å². The summed E-state index contributed by atoms with van der Waals surface area (Å²) in [6.07, 6.45) is 1.52. The summed E-state index contributed by atoms with van der Waals surface area (Å²) < 4.78 is 10.6. The number of fused-ring (bicyclic) bond motifs is 1. The van der Waals surface area contributed by atoms with Crippen LogP contribution in [0.15, 0.2) is 95.2 Å². The van der Waals surface area contributed by atoms with E-state index in [4.69, 9.17) is 9.15 Å². The standard InChI is InChI=1S/C26H20N2O4/c1-31-19-13-11-18(12-14-19)23-24(26(30)28(25(23)29)16-20-8-5-15-32-20)27-22-10-4-7-17-6-2-3-9-21(17)22/h2-15,27H,16H2,1H3. The van der Waals surface area contributed by atoms with E-state index in [0.29, 0.717) is 22.6 Å². The Labute approximate surface area is 184 Å². The van der Waals surface area contributed by atoms with Gasteiger partial charge in [0.05, 0.1) is 25.5 Å². The number of hydrogen-bond acceptors (Lipinski definition) is 5. The van der Waals surface area contributed by atoms with Gasteiger partial charge in [0.1, 0.15) is 17.2 Å². The SMILES string of the molecule is COc1ccc(C2=C(Nc3cccc4ccccc34)C(=O)N(Cc3ccco3)C2=O)cc1. The van der Waals surface area contributed by atoms with Crippen molar-refractivity contribution in [3.05, 3.63) is 102 Å². The molecule has 0 saturated heterocycles. The average Bonchev–Trinajstić information content (AvgIpc) is 3.42. The molecule has 0 fully saturated rings. The molecule has 0 atom stereocenters. The van der Waals surface area contributed by atoms with Crippen LogP contribution in [0.25, 0.3) is 16.3 Å². The third kappa shape index (κ3) is 3.41. The molecule has 2 amide bonds. The van der Waals surface area contributed by atoms with Gasteiger partial charge in [-0.15, -0.1) is 0 Å². The molecule has 32 heavy (non-hydrogen) atoms. The van der Waals surface area contributed by atoms with Crippen LogP contribution in [-0.4, -0.2) is 23.8 Å². The lowest BCUT2D eigenvalue weighted by molar-refractivity contribution is -0.137. The number of anilines is 1. The number of amides is 2.